The van der Waals surface area contributed by atoms with E-state index in [1.54, 1.807) is 0 Å². The maximum absolute atomic E-state index is 8.88. The number of hydrogen-bond acceptors (Lipinski definition) is 3. The van der Waals surface area contributed by atoms with Crippen molar-refractivity contribution in [1.29, 1.82) is 5.26 Å². The van der Waals surface area contributed by atoms with Crippen LogP contribution in [0.2, 0.25) is 0 Å². The van der Waals surface area contributed by atoms with Gasteiger partial charge in [-0.05, 0) is 24.6 Å². The molecule has 0 aliphatic carbocycles. The molecule has 1 aromatic rings. The van der Waals surface area contributed by atoms with E-state index in [0.29, 0.717) is 6.61 Å². The average Bonchev–Trinajstić information content (AvgIpc) is 2.34. The Hall–Kier alpha value is -1.79. The van der Waals surface area contributed by atoms with E-state index < -0.39 is 0 Å². The maximum Gasteiger partial charge on any atom is 0.0995 e. The Morgan fingerprint density at radius 2 is 2.25 bits per heavy atom. The molecule has 0 spiro atoms. The zero-order valence-electron chi connectivity index (χ0n) is 9.28. The van der Waals surface area contributed by atoms with Gasteiger partial charge in [0.15, 0.2) is 0 Å². The molecule has 1 N–H and O–H groups in total. The van der Waals surface area contributed by atoms with Crippen molar-refractivity contribution in [2.45, 2.75) is 13.0 Å². The molecule has 0 saturated heterocycles. The molecule has 0 heterocycles. The molecule has 0 bridgehead atoms. The van der Waals surface area contributed by atoms with Gasteiger partial charge in [-0.1, -0.05) is 24.8 Å². The van der Waals surface area contributed by atoms with Crippen LogP contribution in [-0.4, -0.2) is 13.2 Å². The minimum atomic E-state index is 0.677. The lowest BCUT2D eigenvalue weighted by atomic mass is 10.1. The van der Waals surface area contributed by atoms with E-state index in [-0.39, 0.29) is 0 Å². The number of ether oxygens (including phenoxy) is 1. The van der Waals surface area contributed by atoms with Gasteiger partial charge in [-0.15, -0.1) is 0 Å². The summed E-state index contributed by atoms with van der Waals surface area (Å²) in [5.74, 6) is 0. The molecule has 0 saturated carbocycles. The van der Waals surface area contributed by atoms with Crippen LogP contribution >= 0.6 is 0 Å². The summed E-state index contributed by atoms with van der Waals surface area (Å²) in [6.45, 7) is 5.74. The fourth-order valence-corrected chi connectivity index (χ4v) is 1.37. The van der Waals surface area contributed by atoms with Crippen LogP contribution in [0.4, 0.5) is 0 Å². The lowest BCUT2D eigenvalue weighted by Crippen LogP contribution is -2.16. The molecular weight excluding hydrogens is 200 g/mol. The first-order chi connectivity index (χ1) is 7.88. The summed E-state index contributed by atoms with van der Waals surface area (Å²) in [4.78, 5) is 0. The van der Waals surface area contributed by atoms with Crippen molar-refractivity contribution in [2.24, 2.45) is 0 Å². The predicted molar refractivity (Wildman–Crippen MR) is 63.6 cm³/mol. The summed E-state index contributed by atoms with van der Waals surface area (Å²) in [7, 11) is 0. The minimum absolute atomic E-state index is 0.677. The number of nitrogens with zero attached hydrogens (tertiary/aromatic N) is 1. The van der Waals surface area contributed by atoms with Gasteiger partial charge in [0.1, 0.15) is 0 Å². The molecule has 0 aromatic heterocycles. The summed E-state index contributed by atoms with van der Waals surface area (Å²) in [5, 5.41) is 12.2. The zero-order chi connectivity index (χ0) is 11.6. The van der Waals surface area contributed by atoms with Crippen molar-refractivity contribution >= 4 is 0 Å². The van der Waals surface area contributed by atoms with Crippen LogP contribution in [0.15, 0.2) is 37.1 Å². The Balaban J connectivity index is 2.27. The van der Waals surface area contributed by atoms with E-state index in [4.69, 9.17) is 10.00 Å². The quantitative estimate of drug-likeness (QED) is 0.561. The molecule has 1 rings (SSSR count). The highest BCUT2D eigenvalue weighted by Crippen LogP contribution is 2.06. The van der Waals surface area contributed by atoms with Gasteiger partial charge in [-0.25, -0.2) is 0 Å². The second-order valence-electron chi connectivity index (χ2n) is 3.34. The fourth-order valence-electron chi connectivity index (χ4n) is 1.37. The highest BCUT2D eigenvalue weighted by molar-refractivity contribution is 5.37. The van der Waals surface area contributed by atoms with Crippen LogP contribution in [0.5, 0.6) is 0 Å². The van der Waals surface area contributed by atoms with Crippen LogP contribution in [0.3, 0.4) is 0 Å². The number of nitrogens with one attached hydrogen (secondary N) is 1. The molecule has 0 aliphatic rings. The van der Waals surface area contributed by atoms with Crippen molar-refractivity contribution in [3.63, 3.8) is 0 Å². The van der Waals surface area contributed by atoms with Gasteiger partial charge in [-0.2, -0.15) is 5.26 Å². The second kappa shape index (κ2) is 7.49. The first-order valence-corrected chi connectivity index (χ1v) is 5.29. The lowest BCUT2D eigenvalue weighted by molar-refractivity contribution is 0.244. The second-order valence-corrected chi connectivity index (χ2v) is 3.34. The van der Waals surface area contributed by atoms with Crippen LogP contribution < -0.4 is 5.32 Å². The van der Waals surface area contributed by atoms with E-state index in [1.165, 1.54) is 6.26 Å². The fraction of sp³-hybridized carbons (Fsp3) is 0.308. The Kier molecular flexibility index (Phi) is 5.75. The predicted octanol–water partition coefficient (Wildman–Crippen LogP) is 2.20. The molecule has 16 heavy (non-hydrogen) atoms. The normalized spacial score (nSPS) is 9.44. The molecule has 0 radical (unpaired) electrons. The molecule has 0 unspecified atom stereocenters. The molecule has 3 heteroatoms. The number of benzene rings is 1. The van der Waals surface area contributed by atoms with Crippen LogP contribution in [0, 0.1) is 11.3 Å². The van der Waals surface area contributed by atoms with E-state index in [0.717, 1.165) is 30.6 Å². The summed E-state index contributed by atoms with van der Waals surface area (Å²) in [6, 6.07) is 9.79. The topological polar surface area (TPSA) is 45.0 Å². The molecule has 3 nitrogen and oxygen atoms in total. The molecule has 84 valence electrons. The van der Waals surface area contributed by atoms with Crippen molar-refractivity contribution in [3.05, 3.63) is 48.2 Å². The summed E-state index contributed by atoms with van der Waals surface area (Å²) in [6.07, 6.45) is 2.38. The Bertz CT molecular complexity index is 368. The van der Waals surface area contributed by atoms with Crippen LogP contribution in [0.1, 0.15) is 17.5 Å². The van der Waals surface area contributed by atoms with Crippen LogP contribution in [0.25, 0.3) is 0 Å². The van der Waals surface area contributed by atoms with E-state index in [2.05, 4.69) is 18.0 Å². The molecule has 0 atom stereocenters. The molecular formula is C13H16N2O. The number of rotatable bonds is 7. The third-order valence-electron chi connectivity index (χ3n) is 2.19. The lowest BCUT2D eigenvalue weighted by Gasteiger charge is -2.06. The summed E-state index contributed by atoms with van der Waals surface area (Å²) < 4.78 is 5.00. The summed E-state index contributed by atoms with van der Waals surface area (Å²) in [5.41, 5.74) is 1.77. The van der Waals surface area contributed by atoms with E-state index >= 15 is 0 Å². The Morgan fingerprint density at radius 1 is 1.44 bits per heavy atom. The first-order valence-electron chi connectivity index (χ1n) is 5.29. The standard InChI is InChI=1S/C13H16N2O/c1-2-16-9-5-8-15-11-13-7-4-3-6-12(13)10-14/h2-4,6-7,15H,1,5,8-9,11H2. The molecule has 0 fully saturated rings. The number of hydrogen-bond donors (Lipinski definition) is 1. The first kappa shape index (κ1) is 12.3. The van der Waals surface area contributed by atoms with Gasteiger partial charge in [0.25, 0.3) is 0 Å². The third kappa shape index (κ3) is 4.16. The minimum Gasteiger partial charge on any atom is -0.502 e. The summed E-state index contributed by atoms with van der Waals surface area (Å²) >= 11 is 0. The van der Waals surface area contributed by atoms with Crippen molar-refractivity contribution in [1.82, 2.24) is 5.32 Å². The average molecular weight is 216 g/mol. The molecule has 1 aromatic carbocycles. The van der Waals surface area contributed by atoms with Gasteiger partial charge >= 0.3 is 0 Å². The van der Waals surface area contributed by atoms with E-state index in [9.17, 15) is 0 Å². The van der Waals surface area contributed by atoms with Crippen LogP contribution in [-0.2, 0) is 11.3 Å². The Morgan fingerprint density at radius 3 is 3.00 bits per heavy atom. The molecule has 0 amide bonds. The van der Waals surface area contributed by atoms with Crippen molar-refractivity contribution in [2.75, 3.05) is 13.2 Å². The molecule has 0 aliphatic heterocycles. The van der Waals surface area contributed by atoms with Gasteiger partial charge in [0.05, 0.1) is 24.5 Å². The van der Waals surface area contributed by atoms with Gasteiger partial charge < -0.3 is 10.1 Å². The van der Waals surface area contributed by atoms with Crippen molar-refractivity contribution < 1.29 is 4.74 Å². The SMILES string of the molecule is C=COCCCNCc1ccccc1C#N. The largest absolute Gasteiger partial charge is 0.502 e. The monoisotopic (exact) mass is 216 g/mol. The smallest absolute Gasteiger partial charge is 0.0995 e. The van der Waals surface area contributed by atoms with Gasteiger partial charge in [0.2, 0.25) is 0 Å². The van der Waals surface area contributed by atoms with Gasteiger partial charge in [-0.3, -0.25) is 0 Å². The highest BCUT2D eigenvalue weighted by atomic mass is 16.5. The number of nitriles is 1. The van der Waals surface area contributed by atoms with Gasteiger partial charge in [0, 0.05) is 6.54 Å². The van der Waals surface area contributed by atoms with E-state index in [1.807, 2.05) is 24.3 Å². The highest BCUT2D eigenvalue weighted by Gasteiger charge is 1.99. The Labute approximate surface area is 96.4 Å². The maximum atomic E-state index is 8.88. The zero-order valence-corrected chi connectivity index (χ0v) is 9.28. The van der Waals surface area contributed by atoms with Crippen molar-refractivity contribution in [3.8, 4) is 6.07 Å². The third-order valence-corrected chi connectivity index (χ3v) is 2.19.